The van der Waals surface area contributed by atoms with Crippen LogP contribution in [0.3, 0.4) is 0 Å². The minimum Gasteiger partial charge on any atom is -0.369 e. The molecule has 5 heteroatoms. The molecule has 1 aromatic rings. The van der Waals surface area contributed by atoms with Crippen molar-refractivity contribution in [3.8, 4) is 0 Å². The fourth-order valence-electron chi connectivity index (χ4n) is 1.13. The summed E-state index contributed by atoms with van der Waals surface area (Å²) >= 11 is 0. The van der Waals surface area contributed by atoms with Crippen LogP contribution in [0.4, 0.5) is 0 Å². The number of amides is 1. The molecular weight excluding hydrogens is 168 g/mol. The molecule has 0 aliphatic rings. The molecule has 13 heavy (non-hydrogen) atoms. The molecule has 5 N–H and O–H groups in total. The van der Waals surface area contributed by atoms with Gasteiger partial charge in [-0.05, 0) is 12.8 Å². The number of hydrogen-bond donors (Lipinski definition) is 3. The molecule has 1 rings (SSSR count). The molecule has 0 radical (unpaired) electrons. The van der Waals surface area contributed by atoms with Crippen LogP contribution in [0.25, 0.3) is 0 Å². The quantitative estimate of drug-likeness (QED) is 0.567. The Morgan fingerprint density at radius 3 is 2.92 bits per heavy atom. The van der Waals surface area contributed by atoms with E-state index in [1.165, 1.54) is 0 Å². The van der Waals surface area contributed by atoms with Crippen LogP contribution in [0, 0.1) is 5.92 Å². The summed E-state index contributed by atoms with van der Waals surface area (Å²) in [5.74, 6) is -0.574. The zero-order valence-corrected chi connectivity index (χ0v) is 7.36. The van der Waals surface area contributed by atoms with Crippen molar-refractivity contribution in [2.75, 3.05) is 6.54 Å². The van der Waals surface area contributed by atoms with Gasteiger partial charge in [-0.15, -0.1) is 0 Å². The molecule has 0 aromatic carbocycles. The number of carbonyl (C=O) groups excluding carboxylic acids is 1. The van der Waals surface area contributed by atoms with Crippen molar-refractivity contribution < 1.29 is 4.79 Å². The van der Waals surface area contributed by atoms with Crippen molar-refractivity contribution in [1.82, 2.24) is 9.97 Å². The minimum absolute atomic E-state index is 0.239. The molecule has 72 valence electrons. The number of aryl methyl sites for hydroxylation is 1. The Hall–Kier alpha value is -1.36. The van der Waals surface area contributed by atoms with E-state index in [0.717, 1.165) is 12.1 Å². The molecule has 0 bridgehead atoms. The van der Waals surface area contributed by atoms with Crippen LogP contribution < -0.4 is 11.5 Å². The summed E-state index contributed by atoms with van der Waals surface area (Å²) in [5.41, 5.74) is 11.5. The summed E-state index contributed by atoms with van der Waals surface area (Å²) in [6, 6.07) is 0. The topological polar surface area (TPSA) is 97.8 Å². The van der Waals surface area contributed by atoms with Gasteiger partial charge in [0.1, 0.15) is 0 Å². The number of nitrogens with one attached hydrogen (secondary N) is 1. The van der Waals surface area contributed by atoms with E-state index in [2.05, 4.69) is 9.97 Å². The fraction of sp³-hybridized carbons (Fsp3) is 0.500. The van der Waals surface area contributed by atoms with Crippen molar-refractivity contribution in [3.63, 3.8) is 0 Å². The summed E-state index contributed by atoms with van der Waals surface area (Å²) in [6.07, 6.45) is 4.80. The number of imidazole rings is 1. The number of primary amides is 1. The molecule has 1 atom stereocenters. The lowest BCUT2D eigenvalue weighted by molar-refractivity contribution is -0.121. The Labute approximate surface area is 76.5 Å². The monoisotopic (exact) mass is 182 g/mol. The molecule has 0 saturated carbocycles. The molecule has 1 unspecified atom stereocenters. The first-order valence-electron chi connectivity index (χ1n) is 4.21. The van der Waals surface area contributed by atoms with E-state index in [1.807, 2.05) is 0 Å². The molecule has 0 aliphatic heterocycles. The smallest absolute Gasteiger partial charge is 0.221 e. The number of hydrogen-bond acceptors (Lipinski definition) is 3. The number of rotatable bonds is 5. The van der Waals surface area contributed by atoms with Gasteiger partial charge in [-0.3, -0.25) is 4.79 Å². The molecule has 1 amide bonds. The molecular formula is C8H14N4O. The fourth-order valence-corrected chi connectivity index (χ4v) is 1.13. The van der Waals surface area contributed by atoms with E-state index in [0.29, 0.717) is 13.0 Å². The van der Waals surface area contributed by atoms with E-state index in [1.54, 1.807) is 12.5 Å². The average molecular weight is 182 g/mol. The second kappa shape index (κ2) is 4.61. The molecule has 5 nitrogen and oxygen atoms in total. The van der Waals surface area contributed by atoms with E-state index in [9.17, 15) is 4.79 Å². The average Bonchev–Trinajstić information content (AvgIpc) is 2.57. The van der Waals surface area contributed by atoms with Crippen LogP contribution in [0.5, 0.6) is 0 Å². The van der Waals surface area contributed by atoms with E-state index in [4.69, 9.17) is 11.5 Å². The Balaban J connectivity index is 2.36. The molecule has 1 heterocycles. The zero-order valence-electron chi connectivity index (χ0n) is 7.36. The minimum atomic E-state index is -0.335. The maximum absolute atomic E-state index is 10.8. The van der Waals surface area contributed by atoms with Crippen molar-refractivity contribution in [2.24, 2.45) is 17.4 Å². The Morgan fingerprint density at radius 2 is 2.46 bits per heavy atom. The summed E-state index contributed by atoms with van der Waals surface area (Å²) in [5, 5.41) is 0. The van der Waals surface area contributed by atoms with Crippen molar-refractivity contribution in [3.05, 3.63) is 18.2 Å². The lowest BCUT2D eigenvalue weighted by Crippen LogP contribution is -2.30. The Morgan fingerprint density at radius 1 is 1.69 bits per heavy atom. The van der Waals surface area contributed by atoms with Gasteiger partial charge in [-0.1, -0.05) is 0 Å². The van der Waals surface area contributed by atoms with Gasteiger partial charge in [-0.25, -0.2) is 4.98 Å². The second-order valence-electron chi connectivity index (χ2n) is 2.93. The third-order valence-electron chi connectivity index (χ3n) is 1.99. The highest BCUT2D eigenvalue weighted by molar-refractivity contribution is 5.76. The lowest BCUT2D eigenvalue weighted by atomic mass is 10.0. The van der Waals surface area contributed by atoms with Crippen LogP contribution in [0.2, 0.25) is 0 Å². The maximum atomic E-state index is 10.8. The van der Waals surface area contributed by atoms with Crippen LogP contribution in [0.1, 0.15) is 12.1 Å². The summed E-state index contributed by atoms with van der Waals surface area (Å²) < 4.78 is 0. The highest BCUT2D eigenvalue weighted by Gasteiger charge is 2.12. The molecule has 0 aliphatic carbocycles. The highest BCUT2D eigenvalue weighted by atomic mass is 16.1. The standard InChI is InChI=1S/C8H14N4O/c9-3-6(8(10)13)1-2-7-4-11-5-12-7/h4-6H,1-3,9H2,(H2,10,13)(H,11,12). The molecule has 0 spiro atoms. The number of aromatic nitrogens is 2. The largest absolute Gasteiger partial charge is 0.369 e. The van der Waals surface area contributed by atoms with Gasteiger partial charge in [0, 0.05) is 12.7 Å². The Bertz CT molecular complexity index is 257. The predicted octanol–water partition coefficient (Wildman–Crippen LogP) is -0.597. The number of aromatic amines is 1. The zero-order chi connectivity index (χ0) is 9.68. The number of nitrogens with two attached hydrogens (primary N) is 2. The van der Waals surface area contributed by atoms with Crippen LogP contribution in [0.15, 0.2) is 12.5 Å². The predicted molar refractivity (Wildman–Crippen MR) is 48.6 cm³/mol. The SMILES string of the molecule is NCC(CCc1c[nH]cn1)C(N)=O. The van der Waals surface area contributed by atoms with Gasteiger partial charge in [-0.2, -0.15) is 0 Å². The van der Waals surface area contributed by atoms with Gasteiger partial charge in [0.05, 0.1) is 17.9 Å². The highest BCUT2D eigenvalue weighted by Crippen LogP contribution is 2.05. The Kier molecular flexibility index (Phi) is 3.45. The third-order valence-corrected chi connectivity index (χ3v) is 1.99. The van der Waals surface area contributed by atoms with Crippen molar-refractivity contribution in [1.29, 1.82) is 0 Å². The summed E-state index contributed by atoms with van der Waals surface area (Å²) in [6.45, 7) is 0.305. The van der Waals surface area contributed by atoms with Gasteiger partial charge in [0.25, 0.3) is 0 Å². The first-order chi connectivity index (χ1) is 6.24. The maximum Gasteiger partial charge on any atom is 0.221 e. The summed E-state index contributed by atoms with van der Waals surface area (Å²) in [7, 11) is 0. The van der Waals surface area contributed by atoms with Crippen LogP contribution in [-0.2, 0) is 11.2 Å². The van der Waals surface area contributed by atoms with Crippen molar-refractivity contribution in [2.45, 2.75) is 12.8 Å². The van der Waals surface area contributed by atoms with E-state index in [-0.39, 0.29) is 11.8 Å². The second-order valence-corrected chi connectivity index (χ2v) is 2.93. The van der Waals surface area contributed by atoms with Gasteiger partial charge < -0.3 is 16.5 Å². The normalized spacial score (nSPS) is 12.7. The van der Waals surface area contributed by atoms with E-state index >= 15 is 0 Å². The van der Waals surface area contributed by atoms with Crippen LogP contribution in [-0.4, -0.2) is 22.4 Å². The summed E-state index contributed by atoms with van der Waals surface area (Å²) in [4.78, 5) is 17.7. The molecule has 0 fully saturated rings. The lowest BCUT2D eigenvalue weighted by Gasteiger charge is -2.08. The number of carbonyl (C=O) groups is 1. The first kappa shape index (κ1) is 9.73. The number of nitrogens with zero attached hydrogens (tertiary/aromatic N) is 1. The van der Waals surface area contributed by atoms with Gasteiger partial charge in [0.2, 0.25) is 5.91 Å². The van der Waals surface area contributed by atoms with Gasteiger partial charge >= 0.3 is 0 Å². The molecule has 1 aromatic heterocycles. The van der Waals surface area contributed by atoms with Gasteiger partial charge in [0.15, 0.2) is 0 Å². The third kappa shape index (κ3) is 2.87. The van der Waals surface area contributed by atoms with Crippen molar-refractivity contribution >= 4 is 5.91 Å². The van der Waals surface area contributed by atoms with Crippen LogP contribution >= 0.6 is 0 Å². The first-order valence-corrected chi connectivity index (χ1v) is 4.21. The van der Waals surface area contributed by atoms with E-state index < -0.39 is 0 Å². The number of H-pyrrole nitrogens is 1. The molecule has 0 saturated heterocycles.